The minimum atomic E-state index is -0.346. The molecule has 4 nitrogen and oxygen atoms in total. The van der Waals surface area contributed by atoms with Crippen molar-refractivity contribution < 1.29 is 0 Å². The molecule has 0 amide bonds. The maximum absolute atomic E-state index is 12.1. The van der Waals surface area contributed by atoms with Gasteiger partial charge in [-0.2, -0.15) is 0 Å². The number of hydrogen-bond acceptors (Lipinski definition) is 2. The SMILES string of the molecule is Cc1cccc2c(=O)n(C(C)C)c(=O)[nH]c12. The number of H-pyrrole nitrogens is 1. The van der Waals surface area contributed by atoms with E-state index < -0.39 is 0 Å². The second-order valence-corrected chi connectivity index (χ2v) is 4.20. The Morgan fingerprint density at radius 1 is 1.25 bits per heavy atom. The zero-order valence-electron chi connectivity index (χ0n) is 9.57. The van der Waals surface area contributed by atoms with Crippen LogP contribution >= 0.6 is 0 Å². The first-order valence-electron chi connectivity index (χ1n) is 5.26. The van der Waals surface area contributed by atoms with E-state index in [1.807, 2.05) is 32.9 Å². The molecule has 0 saturated heterocycles. The topological polar surface area (TPSA) is 54.9 Å². The lowest BCUT2D eigenvalue weighted by molar-refractivity contribution is 0.552. The molecule has 1 aromatic heterocycles. The third kappa shape index (κ3) is 1.46. The molecule has 2 aromatic rings. The Morgan fingerprint density at radius 2 is 1.94 bits per heavy atom. The quantitative estimate of drug-likeness (QED) is 0.790. The number of benzene rings is 1. The van der Waals surface area contributed by atoms with Gasteiger partial charge in [0.2, 0.25) is 0 Å². The lowest BCUT2D eigenvalue weighted by Gasteiger charge is -2.10. The van der Waals surface area contributed by atoms with Crippen molar-refractivity contribution in [3.8, 4) is 0 Å². The lowest BCUT2D eigenvalue weighted by Crippen LogP contribution is -2.36. The molecule has 0 radical (unpaired) electrons. The Balaban J connectivity index is 3.01. The van der Waals surface area contributed by atoms with Gasteiger partial charge >= 0.3 is 5.69 Å². The van der Waals surface area contributed by atoms with Crippen molar-refractivity contribution in [1.82, 2.24) is 9.55 Å². The molecule has 0 unspecified atom stereocenters. The van der Waals surface area contributed by atoms with E-state index in [0.29, 0.717) is 10.9 Å². The molecule has 0 bridgehead atoms. The summed E-state index contributed by atoms with van der Waals surface area (Å²) in [6, 6.07) is 5.29. The van der Waals surface area contributed by atoms with Crippen LogP contribution in [0.5, 0.6) is 0 Å². The van der Waals surface area contributed by atoms with Crippen LogP contribution in [0, 0.1) is 6.92 Å². The second kappa shape index (κ2) is 3.63. The number of aryl methyl sites for hydroxylation is 1. The normalized spacial score (nSPS) is 11.2. The molecule has 1 N–H and O–H groups in total. The number of hydrogen-bond donors (Lipinski definition) is 1. The average molecular weight is 218 g/mol. The number of rotatable bonds is 1. The van der Waals surface area contributed by atoms with Crippen molar-refractivity contribution in [2.45, 2.75) is 26.8 Å². The van der Waals surface area contributed by atoms with Gasteiger partial charge in [-0.25, -0.2) is 4.79 Å². The Kier molecular flexibility index (Phi) is 2.42. The molecule has 0 saturated carbocycles. The fraction of sp³-hybridized carbons (Fsp3) is 0.333. The predicted octanol–water partition coefficient (Wildman–Crippen LogP) is 1.58. The Labute approximate surface area is 92.5 Å². The van der Waals surface area contributed by atoms with E-state index in [0.717, 1.165) is 5.56 Å². The standard InChI is InChI=1S/C12H14N2O2/c1-7(2)14-11(15)9-6-4-5-8(3)10(9)13-12(14)16/h4-7H,1-3H3,(H,13,16). The molecular formula is C12H14N2O2. The van der Waals surface area contributed by atoms with Crippen LogP contribution in [-0.4, -0.2) is 9.55 Å². The number of aromatic amines is 1. The Hall–Kier alpha value is -1.84. The molecular weight excluding hydrogens is 204 g/mol. The smallest absolute Gasteiger partial charge is 0.306 e. The average Bonchev–Trinajstić information content (AvgIpc) is 2.19. The fourth-order valence-corrected chi connectivity index (χ4v) is 1.87. The van der Waals surface area contributed by atoms with Crippen LogP contribution in [0.4, 0.5) is 0 Å². The molecule has 16 heavy (non-hydrogen) atoms. The summed E-state index contributed by atoms with van der Waals surface area (Å²) in [5.74, 6) is 0. The van der Waals surface area contributed by atoms with Crippen molar-refractivity contribution in [2.75, 3.05) is 0 Å². The predicted molar refractivity (Wildman–Crippen MR) is 64.0 cm³/mol. The highest BCUT2D eigenvalue weighted by atomic mass is 16.2. The van der Waals surface area contributed by atoms with Crippen LogP contribution in [0.3, 0.4) is 0 Å². The molecule has 0 aliphatic rings. The van der Waals surface area contributed by atoms with Gasteiger partial charge in [0.25, 0.3) is 5.56 Å². The van der Waals surface area contributed by atoms with Crippen LogP contribution < -0.4 is 11.2 Å². The van der Waals surface area contributed by atoms with Gasteiger partial charge in [-0.1, -0.05) is 12.1 Å². The number of aromatic nitrogens is 2. The molecule has 0 aliphatic carbocycles. The summed E-state index contributed by atoms with van der Waals surface area (Å²) in [5.41, 5.74) is 0.969. The van der Waals surface area contributed by atoms with Gasteiger partial charge in [0.15, 0.2) is 0 Å². The van der Waals surface area contributed by atoms with Crippen LogP contribution in [0.2, 0.25) is 0 Å². The van der Waals surface area contributed by atoms with Crippen LogP contribution in [0.1, 0.15) is 25.5 Å². The highest BCUT2D eigenvalue weighted by Crippen LogP contribution is 2.10. The maximum Gasteiger partial charge on any atom is 0.329 e. The van der Waals surface area contributed by atoms with E-state index >= 15 is 0 Å². The summed E-state index contributed by atoms with van der Waals surface area (Å²) < 4.78 is 1.24. The largest absolute Gasteiger partial charge is 0.329 e. The highest BCUT2D eigenvalue weighted by Gasteiger charge is 2.10. The van der Waals surface area contributed by atoms with Gasteiger partial charge in [-0.05, 0) is 32.4 Å². The third-order valence-corrected chi connectivity index (χ3v) is 2.69. The first-order chi connectivity index (χ1) is 7.52. The molecule has 1 aromatic carbocycles. The van der Waals surface area contributed by atoms with Gasteiger partial charge in [0.1, 0.15) is 0 Å². The van der Waals surface area contributed by atoms with Gasteiger partial charge in [0.05, 0.1) is 10.9 Å². The van der Waals surface area contributed by atoms with E-state index in [1.54, 1.807) is 6.07 Å². The van der Waals surface area contributed by atoms with Crippen molar-refractivity contribution in [2.24, 2.45) is 0 Å². The van der Waals surface area contributed by atoms with E-state index in [9.17, 15) is 9.59 Å². The van der Waals surface area contributed by atoms with Gasteiger partial charge in [-0.3, -0.25) is 9.36 Å². The molecule has 0 spiro atoms. The molecule has 2 rings (SSSR count). The zero-order valence-corrected chi connectivity index (χ0v) is 9.57. The van der Waals surface area contributed by atoms with Crippen molar-refractivity contribution in [1.29, 1.82) is 0 Å². The number of nitrogens with one attached hydrogen (secondary N) is 1. The molecule has 4 heteroatoms. The van der Waals surface area contributed by atoms with Gasteiger partial charge < -0.3 is 4.98 Å². The van der Waals surface area contributed by atoms with E-state index in [4.69, 9.17) is 0 Å². The molecule has 0 fully saturated rings. The third-order valence-electron chi connectivity index (χ3n) is 2.69. The first kappa shape index (κ1) is 10.7. The summed E-state index contributed by atoms with van der Waals surface area (Å²) in [7, 11) is 0. The number of nitrogens with zero attached hydrogens (tertiary/aromatic N) is 1. The first-order valence-corrected chi connectivity index (χ1v) is 5.26. The molecule has 0 atom stereocenters. The van der Waals surface area contributed by atoms with Gasteiger partial charge in [-0.15, -0.1) is 0 Å². The summed E-state index contributed by atoms with van der Waals surface area (Å²) in [6.07, 6.45) is 0. The Morgan fingerprint density at radius 3 is 2.56 bits per heavy atom. The van der Waals surface area contributed by atoms with Crippen LogP contribution in [-0.2, 0) is 0 Å². The highest BCUT2D eigenvalue weighted by molar-refractivity contribution is 5.80. The number of para-hydroxylation sites is 1. The summed E-state index contributed by atoms with van der Waals surface area (Å²) in [6.45, 7) is 5.51. The van der Waals surface area contributed by atoms with E-state index in [1.165, 1.54) is 4.57 Å². The van der Waals surface area contributed by atoms with Gasteiger partial charge in [0, 0.05) is 6.04 Å². The zero-order chi connectivity index (χ0) is 11.9. The minimum Gasteiger partial charge on any atom is -0.306 e. The summed E-state index contributed by atoms with van der Waals surface area (Å²) in [5, 5.41) is 0.563. The fourth-order valence-electron chi connectivity index (χ4n) is 1.87. The van der Waals surface area contributed by atoms with Crippen molar-refractivity contribution in [3.05, 3.63) is 44.6 Å². The molecule has 1 heterocycles. The Bertz CT molecular complexity index is 650. The summed E-state index contributed by atoms with van der Waals surface area (Å²) >= 11 is 0. The second-order valence-electron chi connectivity index (χ2n) is 4.20. The molecule has 0 aliphatic heterocycles. The van der Waals surface area contributed by atoms with Crippen molar-refractivity contribution in [3.63, 3.8) is 0 Å². The molecule has 84 valence electrons. The van der Waals surface area contributed by atoms with Crippen molar-refractivity contribution >= 4 is 10.9 Å². The van der Waals surface area contributed by atoms with Crippen LogP contribution in [0.15, 0.2) is 27.8 Å². The monoisotopic (exact) mass is 218 g/mol. The maximum atomic E-state index is 12.1. The van der Waals surface area contributed by atoms with Crippen LogP contribution in [0.25, 0.3) is 10.9 Å². The lowest BCUT2D eigenvalue weighted by atomic mass is 10.1. The van der Waals surface area contributed by atoms with E-state index in [2.05, 4.69) is 4.98 Å². The number of fused-ring (bicyclic) bond motifs is 1. The summed E-state index contributed by atoms with van der Waals surface area (Å²) in [4.78, 5) is 26.6. The van der Waals surface area contributed by atoms with E-state index in [-0.39, 0.29) is 17.3 Å². The minimum absolute atomic E-state index is 0.138.